The van der Waals surface area contributed by atoms with E-state index < -0.39 is 0 Å². The van der Waals surface area contributed by atoms with E-state index in [0.717, 1.165) is 18.6 Å². The molecule has 0 aliphatic carbocycles. The summed E-state index contributed by atoms with van der Waals surface area (Å²) in [6.07, 6.45) is 4.64. The molecule has 1 aliphatic heterocycles. The number of likely N-dealkylation sites (tertiary alicyclic amines) is 1. The van der Waals surface area contributed by atoms with Gasteiger partial charge in [-0.25, -0.2) is 9.97 Å². The molecule has 1 saturated heterocycles. The molecule has 3 aromatic rings. The molecule has 134 valence electrons. The fourth-order valence-electron chi connectivity index (χ4n) is 3.60. The number of hydrogen-bond acceptors (Lipinski definition) is 5. The van der Waals surface area contributed by atoms with Gasteiger partial charge in [0.1, 0.15) is 17.8 Å². The Morgan fingerprint density at radius 3 is 2.69 bits per heavy atom. The van der Waals surface area contributed by atoms with E-state index in [-0.39, 0.29) is 17.5 Å². The summed E-state index contributed by atoms with van der Waals surface area (Å²) in [7, 11) is 0. The first kappa shape index (κ1) is 16.5. The molecular weight excluding hydrogens is 332 g/mol. The standard InChI is InChI=1S/C19H20N4O3/c1-12-10-16(13(2)26-12)18(24)22-8-5-14(6-9-22)23-11-21-17-15(19(23)25)4-3-7-20-17/h3-4,7,10-11,14H,5-6,8-9H2,1-2H3. The van der Waals surface area contributed by atoms with E-state index in [2.05, 4.69) is 9.97 Å². The topological polar surface area (TPSA) is 81.2 Å². The summed E-state index contributed by atoms with van der Waals surface area (Å²) in [6, 6.07) is 5.31. The molecule has 0 saturated carbocycles. The van der Waals surface area contributed by atoms with Crippen LogP contribution in [0.25, 0.3) is 11.0 Å². The number of pyridine rings is 1. The molecule has 4 rings (SSSR count). The van der Waals surface area contributed by atoms with Crippen molar-refractivity contribution in [2.75, 3.05) is 13.1 Å². The van der Waals surface area contributed by atoms with Crippen molar-refractivity contribution >= 4 is 16.9 Å². The third-order valence-electron chi connectivity index (χ3n) is 4.97. The number of aryl methyl sites for hydroxylation is 2. The van der Waals surface area contributed by atoms with Crippen LogP contribution in [0.2, 0.25) is 0 Å². The summed E-state index contributed by atoms with van der Waals surface area (Å²) >= 11 is 0. The first-order valence-electron chi connectivity index (χ1n) is 8.73. The fraction of sp³-hybridized carbons (Fsp3) is 0.368. The zero-order chi connectivity index (χ0) is 18.3. The SMILES string of the molecule is Cc1cc(C(=O)N2CCC(n3cnc4ncccc4c3=O)CC2)c(C)o1. The van der Waals surface area contributed by atoms with E-state index in [4.69, 9.17) is 4.42 Å². The van der Waals surface area contributed by atoms with Crippen LogP contribution < -0.4 is 5.56 Å². The highest BCUT2D eigenvalue weighted by Gasteiger charge is 2.27. The summed E-state index contributed by atoms with van der Waals surface area (Å²) in [5.41, 5.74) is 1.01. The maximum absolute atomic E-state index is 12.7. The Balaban J connectivity index is 1.52. The van der Waals surface area contributed by atoms with Crippen LogP contribution in [-0.4, -0.2) is 38.4 Å². The van der Waals surface area contributed by atoms with Crippen LogP contribution in [0.3, 0.4) is 0 Å². The average molecular weight is 352 g/mol. The molecule has 0 unspecified atom stereocenters. The van der Waals surface area contributed by atoms with E-state index in [1.165, 1.54) is 0 Å². The van der Waals surface area contributed by atoms with E-state index >= 15 is 0 Å². The lowest BCUT2D eigenvalue weighted by molar-refractivity contribution is 0.0691. The van der Waals surface area contributed by atoms with Crippen molar-refractivity contribution in [3.63, 3.8) is 0 Å². The van der Waals surface area contributed by atoms with Gasteiger partial charge in [0.2, 0.25) is 0 Å². The van der Waals surface area contributed by atoms with Crippen molar-refractivity contribution in [1.29, 1.82) is 0 Å². The van der Waals surface area contributed by atoms with E-state index in [1.807, 2.05) is 11.8 Å². The van der Waals surface area contributed by atoms with E-state index in [9.17, 15) is 9.59 Å². The van der Waals surface area contributed by atoms with Crippen LogP contribution in [0.5, 0.6) is 0 Å². The number of carbonyl (C=O) groups is 1. The van der Waals surface area contributed by atoms with Gasteiger partial charge in [-0.05, 0) is 44.9 Å². The molecule has 1 amide bonds. The predicted octanol–water partition coefficient (Wildman–Crippen LogP) is 2.48. The molecule has 0 bridgehead atoms. The van der Waals surface area contributed by atoms with Crippen molar-refractivity contribution in [3.05, 3.63) is 58.2 Å². The molecule has 1 fully saturated rings. The zero-order valence-electron chi connectivity index (χ0n) is 14.8. The van der Waals surface area contributed by atoms with Crippen LogP contribution in [0, 0.1) is 13.8 Å². The number of carbonyl (C=O) groups excluding carboxylic acids is 1. The van der Waals surface area contributed by atoms with Crippen LogP contribution in [0.15, 0.2) is 39.9 Å². The van der Waals surface area contributed by atoms with Crippen molar-refractivity contribution < 1.29 is 9.21 Å². The largest absolute Gasteiger partial charge is 0.466 e. The number of hydrogen-bond donors (Lipinski definition) is 0. The number of nitrogens with zero attached hydrogens (tertiary/aromatic N) is 4. The molecule has 0 spiro atoms. The third-order valence-corrected chi connectivity index (χ3v) is 4.97. The summed E-state index contributed by atoms with van der Waals surface area (Å²) in [4.78, 5) is 35.6. The Labute approximate surface area is 150 Å². The fourth-order valence-corrected chi connectivity index (χ4v) is 3.60. The number of amides is 1. The van der Waals surface area contributed by atoms with Gasteiger partial charge in [0.05, 0.1) is 10.9 Å². The van der Waals surface area contributed by atoms with Crippen molar-refractivity contribution in [2.45, 2.75) is 32.7 Å². The lowest BCUT2D eigenvalue weighted by Gasteiger charge is -2.32. The Bertz CT molecular complexity index is 1030. The maximum atomic E-state index is 12.7. The highest BCUT2D eigenvalue weighted by Crippen LogP contribution is 2.24. The smallest absolute Gasteiger partial charge is 0.263 e. The number of fused-ring (bicyclic) bond motifs is 1. The van der Waals surface area contributed by atoms with Gasteiger partial charge in [-0.15, -0.1) is 0 Å². The Morgan fingerprint density at radius 1 is 1.23 bits per heavy atom. The molecule has 0 radical (unpaired) electrons. The molecule has 1 aliphatic rings. The third kappa shape index (κ3) is 2.79. The Morgan fingerprint density at radius 2 is 2.00 bits per heavy atom. The molecule has 0 atom stereocenters. The average Bonchev–Trinajstić information content (AvgIpc) is 3.00. The summed E-state index contributed by atoms with van der Waals surface area (Å²) in [5, 5.41) is 0.526. The number of rotatable bonds is 2. The Kier molecular flexibility index (Phi) is 4.06. The van der Waals surface area contributed by atoms with Gasteiger partial charge in [0.25, 0.3) is 11.5 Å². The quantitative estimate of drug-likeness (QED) is 0.708. The van der Waals surface area contributed by atoms with Gasteiger partial charge in [-0.1, -0.05) is 0 Å². The normalized spacial score (nSPS) is 15.5. The maximum Gasteiger partial charge on any atom is 0.263 e. The highest BCUT2D eigenvalue weighted by atomic mass is 16.3. The van der Waals surface area contributed by atoms with Crippen LogP contribution in [-0.2, 0) is 0 Å². The minimum atomic E-state index is -0.0748. The zero-order valence-corrected chi connectivity index (χ0v) is 14.8. The molecule has 7 heteroatoms. The summed E-state index contributed by atoms with van der Waals surface area (Å²) in [5.74, 6) is 1.38. The van der Waals surface area contributed by atoms with Crippen molar-refractivity contribution in [1.82, 2.24) is 19.4 Å². The molecular formula is C19H20N4O3. The van der Waals surface area contributed by atoms with Crippen LogP contribution in [0.4, 0.5) is 0 Å². The molecule has 0 N–H and O–H groups in total. The summed E-state index contributed by atoms with van der Waals surface area (Å²) in [6.45, 7) is 4.85. The monoisotopic (exact) mass is 352 g/mol. The highest BCUT2D eigenvalue weighted by molar-refractivity contribution is 5.95. The summed E-state index contributed by atoms with van der Waals surface area (Å²) < 4.78 is 7.15. The number of furan rings is 1. The van der Waals surface area contributed by atoms with Gasteiger partial charge in [-0.3, -0.25) is 14.2 Å². The van der Waals surface area contributed by atoms with E-state index in [0.29, 0.717) is 35.4 Å². The van der Waals surface area contributed by atoms with Gasteiger partial charge in [0, 0.05) is 25.3 Å². The molecule has 4 heterocycles. The van der Waals surface area contributed by atoms with Crippen molar-refractivity contribution in [3.8, 4) is 0 Å². The molecule has 0 aromatic carbocycles. The van der Waals surface area contributed by atoms with Crippen molar-refractivity contribution in [2.24, 2.45) is 0 Å². The second kappa shape index (κ2) is 6.40. The van der Waals surface area contributed by atoms with Crippen LogP contribution in [0.1, 0.15) is 40.8 Å². The number of piperidine rings is 1. The lowest BCUT2D eigenvalue weighted by Crippen LogP contribution is -2.41. The second-order valence-corrected chi connectivity index (χ2v) is 6.68. The van der Waals surface area contributed by atoms with Gasteiger partial charge in [-0.2, -0.15) is 0 Å². The molecule has 3 aromatic heterocycles. The number of aromatic nitrogens is 3. The van der Waals surface area contributed by atoms with Gasteiger partial charge < -0.3 is 9.32 Å². The molecule has 7 nitrogen and oxygen atoms in total. The Hall–Kier alpha value is -2.96. The first-order chi connectivity index (χ1) is 12.5. The van der Waals surface area contributed by atoms with Crippen LogP contribution >= 0.6 is 0 Å². The predicted molar refractivity (Wildman–Crippen MR) is 96.2 cm³/mol. The second-order valence-electron chi connectivity index (χ2n) is 6.68. The lowest BCUT2D eigenvalue weighted by atomic mass is 10.0. The van der Waals surface area contributed by atoms with E-state index in [1.54, 1.807) is 42.2 Å². The van der Waals surface area contributed by atoms with Gasteiger partial charge >= 0.3 is 0 Å². The van der Waals surface area contributed by atoms with Gasteiger partial charge in [0.15, 0.2) is 5.65 Å². The first-order valence-corrected chi connectivity index (χ1v) is 8.73. The minimum Gasteiger partial charge on any atom is -0.466 e. The molecule has 26 heavy (non-hydrogen) atoms. The minimum absolute atomic E-state index is 0.00835.